The summed E-state index contributed by atoms with van der Waals surface area (Å²) in [7, 11) is 1.43. The zero-order chi connectivity index (χ0) is 27.1. The molecular formula is C26H21F2N6O5. The molecule has 0 atom stereocenters. The first-order valence-electron chi connectivity index (χ1n) is 12.0. The highest BCUT2D eigenvalue weighted by molar-refractivity contribution is 6.07. The van der Waals surface area contributed by atoms with Crippen molar-refractivity contribution < 1.29 is 32.6 Å². The fraction of sp³-hybridized carbons (Fsp3) is 0.269. The molecule has 1 spiro atoms. The number of hydrogen-bond acceptors (Lipinski definition) is 9. The van der Waals surface area contributed by atoms with Crippen LogP contribution in [0.3, 0.4) is 0 Å². The summed E-state index contributed by atoms with van der Waals surface area (Å²) in [6.45, 7) is -2.56. The number of halogens is 2. The van der Waals surface area contributed by atoms with Gasteiger partial charge >= 0.3 is 6.61 Å². The molecule has 11 nitrogen and oxygen atoms in total. The van der Waals surface area contributed by atoms with Gasteiger partial charge in [-0.3, -0.25) is 9.59 Å². The topological polar surface area (TPSA) is 132 Å². The number of rotatable bonds is 5. The molecule has 1 amide bonds. The van der Waals surface area contributed by atoms with Crippen LogP contribution in [-0.2, 0) is 0 Å². The molecule has 1 radical (unpaired) electrons. The van der Waals surface area contributed by atoms with Crippen molar-refractivity contribution in [1.82, 2.24) is 30.5 Å². The molecule has 4 heterocycles. The number of tetrazole rings is 1. The van der Waals surface area contributed by atoms with Crippen LogP contribution < -0.4 is 14.2 Å². The number of fused-ring (bicyclic) bond motifs is 2. The van der Waals surface area contributed by atoms with Gasteiger partial charge in [0.25, 0.3) is 5.91 Å². The summed E-state index contributed by atoms with van der Waals surface area (Å²) in [5, 5.41) is 13.9. The maximum atomic E-state index is 13.4. The van der Waals surface area contributed by atoms with Gasteiger partial charge in [0.2, 0.25) is 0 Å². The average molecular weight is 535 g/mol. The molecule has 0 bridgehead atoms. The molecule has 0 aliphatic carbocycles. The van der Waals surface area contributed by atoms with E-state index < -0.39 is 18.1 Å². The number of piperidine rings is 1. The molecule has 2 aliphatic heterocycles. The van der Waals surface area contributed by atoms with Crippen molar-refractivity contribution >= 4 is 22.6 Å². The van der Waals surface area contributed by atoms with E-state index in [1.54, 1.807) is 47.7 Å². The molecule has 1 saturated heterocycles. The van der Waals surface area contributed by atoms with Gasteiger partial charge in [-0.15, -0.1) is 5.10 Å². The van der Waals surface area contributed by atoms with Crippen LogP contribution >= 0.6 is 0 Å². The Morgan fingerprint density at radius 1 is 1.15 bits per heavy atom. The Morgan fingerprint density at radius 3 is 2.69 bits per heavy atom. The molecular weight excluding hydrogens is 514 g/mol. The molecule has 199 valence electrons. The van der Waals surface area contributed by atoms with E-state index in [-0.39, 0.29) is 35.8 Å². The quantitative estimate of drug-likeness (QED) is 0.408. The molecule has 13 heteroatoms. The number of alkyl halides is 2. The van der Waals surface area contributed by atoms with Crippen molar-refractivity contribution in [3.8, 4) is 28.6 Å². The van der Waals surface area contributed by atoms with Gasteiger partial charge in [-0.25, -0.2) is 10.1 Å². The Labute approximate surface area is 220 Å². The summed E-state index contributed by atoms with van der Waals surface area (Å²) in [4.78, 5) is 32.4. The number of methoxy groups -OCH3 is 1. The predicted molar refractivity (Wildman–Crippen MR) is 132 cm³/mol. The van der Waals surface area contributed by atoms with E-state index in [9.17, 15) is 18.4 Å². The highest BCUT2D eigenvalue weighted by atomic mass is 19.3. The summed E-state index contributed by atoms with van der Waals surface area (Å²) < 4.78 is 42.5. The first-order valence-corrected chi connectivity index (χ1v) is 12.0. The van der Waals surface area contributed by atoms with Crippen LogP contribution in [0.2, 0.25) is 0 Å². The van der Waals surface area contributed by atoms with Crippen molar-refractivity contribution in [2.75, 3.05) is 20.2 Å². The smallest absolute Gasteiger partial charge is 0.387 e. The molecule has 0 unspecified atom stereocenters. The lowest BCUT2D eigenvalue weighted by molar-refractivity contribution is -0.0489. The normalized spacial score (nSPS) is 16.3. The van der Waals surface area contributed by atoms with Crippen LogP contribution in [0.15, 0.2) is 42.5 Å². The number of ketones is 1. The average Bonchev–Trinajstić information content (AvgIpc) is 3.47. The molecule has 0 saturated carbocycles. The lowest BCUT2D eigenvalue weighted by Crippen LogP contribution is -2.52. The number of nitrogens with zero attached hydrogens (tertiary/aromatic N) is 5. The number of carbonyl (C=O) groups excluding carboxylic acids is 2. The lowest BCUT2D eigenvalue weighted by atomic mass is 9.82. The Hall–Kier alpha value is -4.68. The Balaban J connectivity index is 1.22. The van der Waals surface area contributed by atoms with Gasteiger partial charge in [0.1, 0.15) is 34.1 Å². The van der Waals surface area contributed by atoms with Crippen molar-refractivity contribution in [1.29, 1.82) is 0 Å². The van der Waals surface area contributed by atoms with Crippen LogP contribution in [-0.4, -0.2) is 74.6 Å². The van der Waals surface area contributed by atoms with Gasteiger partial charge in [-0.1, -0.05) is 6.07 Å². The second kappa shape index (κ2) is 9.57. The predicted octanol–water partition coefficient (Wildman–Crippen LogP) is 3.48. The third kappa shape index (κ3) is 4.49. The minimum atomic E-state index is -3.08. The summed E-state index contributed by atoms with van der Waals surface area (Å²) in [6, 6.07) is 11.2. The third-order valence-corrected chi connectivity index (χ3v) is 6.89. The van der Waals surface area contributed by atoms with E-state index in [1.165, 1.54) is 13.2 Å². The van der Waals surface area contributed by atoms with E-state index in [1.807, 2.05) is 0 Å². The number of likely N-dealkylation sites (tertiary alicyclic amines) is 1. The van der Waals surface area contributed by atoms with E-state index in [0.29, 0.717) is 46.7 Å². The number of aromatic amines is 1. The van der Waals surface area contributed by atoms with E-state index >= 15 is 0 Å². The lowest BCUT2D eigenvalue weighted by Gasteiger charge is -2.43. The first-order chi connectivity index (χ1) is 18.9. The Kier molecular flexibility index (Phi) is 6.04. The summed E-state index contributed by atoms with van der Waals surface area (Å²) in [6.07, 6.45) is 2.26. The molecule has 1 fully saturated rings. The number of hydrogen-bond donors (Lipinski definition) is 1. The monoisotopic (exact) mass is 535 g/mol. The molecule has 2 aromatic heterocycles. The minimum absolute atomic E-state index is 0.0528. The number of benzene rings is 2. The largest absolute Gasteiger partial charge is 0.494 e. The van der Waals surface area contributed by atoms with Crippen molar-refractivity contribution in [2.45, 2.75) is 25.1 Å². The zero-order valence-corrected chi connectivity index (χ0v) is 20.6. The number of ether oxygens (including phenoxy) is 3. The maximum absolute atomic E-state index is 13.4. The number of pyridine rings is 1. The van der Waals surface area contributed by atoms with Gasteiger partial charge in [0.15, 0.2) is 11.6 Å². The van der Waals surface area contributed by atoms with Gasteiger partial charge in [-0.05, 0) is 40.8 Å². The maximum Gasteiger partial charge on any atom is 0.387 e. The van der Waals surface area contributed by atoms with Crippen molar-refractivity contribution in [3.63, 3.8) is 0 Å². The highest BCUT2D eigenvalue weighted by Gasteiger charge is 2.44. The number of nitrogens with one attached hydrogen (secondary N) is 1. The van der Waals surface area contributed by atoms with Gasteiger partial charge in [-0.2, -0.15) is 8.78 Å². The Bertz CT molecular complexity index is 1570. The van der Waals surface area contributed by atoms with Crippen LogP contribution in [0, 0.1) is 6.42 Å². The minimum Gasteiger partial charge on any atom is -0.494 e. The molecule has 1 N–H and O–H groups in total. The fourth-order valence-electron chi connectivity index (χ4n) is 4.96. The number of amides is 1. The second-order valence-electron chi connectivity index (χ2n) is 9.17. The zero-order valence-electron chi connectivity index (χ0n) is 20.6. The standard InChI is InChI=1S/C26H21F2N6O5/c1-37-20-4-2-3-15-21(38-25(27)28)12-17(29-22(15)20)24(36)34-9-7-26(8-10-34)13-18(35)16-11-14(5-6-19(16)39-26)23-30-32-33-31-23/h2-6,11-13,25H,7-10H2,1H3,(H,30,31,32,33). The molecule has 2 aromatic carbocycles. The number of carbonyl (C=O) groups is 2. The van der Waals surface area contributed by atoms with E-state index in [2.05, 4.69) is 25.6 Å². The molecule has 4 aromatic rings. The van der Waals surface area contributed by atoms with Crippen LogP contribution in [0.25, 0.3) is 22.3 Å². The van der Waals surface area contributed by atoms with Gasteiger partial charge < -0.3 is 19.1 Å². The molecule has 6 rings (SSSR count). The van der Waals surface area contributed by atoms with Gasteiger partial charge in [0.05, 0.1) is 19.1 Å². The number of H-pyrrole nitrogens is 1. The van der Waals surface area contributed by atoms with Crippen LogP contribution in [0.5, 0.6) is 17.2 Å². The number of para-hydroxylation sites is 1. The van der Waals surface area contributed by atoms with Crippen LogP contribution in [0.4, 0.5) is 8.78 Å². The number of aromatic nitrogens is 5. The number of Topliss-reactive ketones (excluding diaryl/α,β-unsaturated/α-hetero) is 1. The van der Waals surface area contributed by atoms with Crippen LogP contribution in [0.1, 0.15) is 33.7 Å². The molecule has 2 aliphatic rings. The SMILES string of the molecule is COc1cccc2c(OC(F)F)cc(C(=O)N3CCC4([CH]C(=O)c5cc(-c6nnn[nH]6)ccc5O4)CC3)nc12. The summed E-state index contributed by atoms with van der Waals surface area (Å²) in [5.74, 6) is 0.378. The highest BCUT2D eigenvalue weighted by Crippen LogP contribution is 2.40. The molecule has 39 heavy (non-hydrogen) atoms. The fourth-order valence-corrected chi connectivity index (χ4v) is 4.96. The Morgan fingerprint density at radius 2 is 1.97 bits per heavy atom. The third-order valence-electron chi connectivity index (χ3n) is 6.89. The summed E-state index contributed by atoms with van der Waals surface area (Å²) >= 11 is 0. The van der Waals surface area contributed by atoms with Crippen molar-refractivity contribution in [3.05, 3.63) is 60.1 Å². The van der Waals surface area contributed by atoms with E-state index in [0.717, 1.165) is 0 Å². The van der Waals surface area contributed by atoms with E-state index in [4.69, 9.17) is 14.2 Å². The summed E-state index contributed by atoms with van der Waals surface area (Å²) in [5.41, 5.74) is 0.355. The van der Waals surface area contributed by atoms with Gasteiger partial charge in [0, 0.05) is 42.9 Å². The second-order valence-corrected chi connectivity index (χ2v) is 9.17. The van der Waals surface area contributed by atoms with Crippen molar-refractivity contribution in [2.24, 2.45) is 0 Å². The first kappa shape index (κ1) is 24.6.